The molecule has 0 bridgehead atoms. The van der Waals surface area contributed by atoms with Crippen LogP contribution in [0, 0.1) is 5.92 Å². The van der Waals surface area contributed by atoms with Crippen molar-refractivity contribution in [1.82, 2.24) is 0 Å². The molecule has 26 heavy (non-hydrogen) atoms. The SMILES string of the molecule is CC(=O)N1CCc2cc3c(cc21)/C(=C/C1C=C(Br)C(O)=C(Br)C1)C(=O)N3. The van der Waals surface area contributed by atoms with Crippen LogP contribution >= 0.6 is 31.9 Å². The largest absolute Gasteiger partial charge is 0.506 e. The first kappa shape index (κ1) is 17.5. The van der Waals surface area contributed by atoms with Crippen LogP contribution in [0.5, 0.6) is 0 Å². The lowest BCUT2D eigenvalue weighted by molar-refractivity contribution is -0.116. The molecule has 0 radical (unpaired) electrons. The van der Waals surface area contributed by atoms with Crippen LogP contribution < -0.4 is 10.2 Å². The molecule has 0 fully saturated rings. The normalized spacial score (nSPS) is 23.1. The molecule has 1 aliphatic carbocycles. The van der Waals surface area contributed by atoms with Gasteiger partial charge in [0.1, 0.15) is 5.76 Å². The fourth-order valence-corrected chi connectivity index (χ4v) is 5.08. The lowest BCUT2D eigenvalue weighted by Gasteiger charge is -2.17. The monoisotopic (exact) mass is 478 g/mol. The van der Waals surface area contributed by atoms with Gasteiger partial charge in [-0.15, -0.1) is 0 Å². The van der Waals surface area contributed by atoms with Crippen molar-refractivity contribution in [2.75, 3.05) is 16.8 Å². The van der Waals surface area contributed by atoms with E-state index in [4.69, 9.17) is 0 Å². The molecule has 5 nitrogen and oxygen atoms in total. The first-order valence-electron chi connectivity index (χ1n) is 8.29. The quantitative estimate of drug-likeness (QED) is 0.586. The zero-order valence-corrected chi connectivity index (χ0v) is 17.1. The van der Waals surface area contributed by atoms with Crippen LogP contribution in [0.4, 0.5) is 11.4 Å². The summed E-state index contributed by atoms with van der Waals surface area (Å²) in [6.07, 6.45) is 5.17. The number of rotatable bonds is 1. The van der Waals surface area contributed by atoms with Crippen LogP contribution in [0.3, 0.4) is 0 Å². The van der Waals surface area contributed by atoms with E-state index >= 15 is 0 Å². The minimum Gasteiger partial charge on any atom is -0.506 e. The molecule has 2 N–H and O–H groups in total. The zero-order chi connectivity index (χ0) is 18.6. The minimum absolute atomic E-state index is 0.00944. The van der Waals surface area contributed by atoms with Gasteiger partial charge >= 0.3 is 0 Å². The van der Waals surface area contributed by atoms with Gasteiger partial charge in [0.25, 0.3) is 5.91 Å². The van der Waals surface area contributed by atoms with Crippen LogP contribution in [-0.4, -0.2) is 23.5 Å². The third-order valence-corrected chi connectivity index (χ3v) is 6.26. The van der Waals surface area contributed by atoms with E-state index in [0.29, 0.717) is 27.5 Å². The van der Waals surface area contributed by atoms with E-state index < -0.39 is 0 Å². The predicted molar refractivity (Wildman–Crippen MR) is 108 cm³/mol. The van der Waals surface area contributed by atoms with Gasteiger partial charge in [0.05, 0.1) is 4.48 Å². The number of aliphatic hydroxyl groups excluding tert-OH is 1. The van der Waals surface area contributed by atoms with Gasteiger partial charge in [-0.05, 0) is 46.5 Å². The highest BCUT2D eigenvalue weighted by molar-refractivity contribution is 9.12. The first-order chi connectivity index (χ1) is 12.3. The summed E-state index contributed by atoms with van der Waals surface area (Å²) >= 11 is 6.72. The lowest BCUT2D eigenvalue weighted by Crippen LogP contribution is -2.25. The van der Waals surface area contributed by atoms with E-state index in [1.165, 1.54) is 0 Å². The number of aliphatic hydroxyl groups is 1. The summed E-state index contributed by atoms with van der Waals surface area (Å²) in [7, 11) is 0. The maximum absolute atomic E-state index is 12.5. The molecule has 1 atom stereocenters. The van der Waals surface area contributed by atoms with Crippen LogP contribution in [-0.2, 0) is 16.0 Å². The Bertz CT molecular complexity index is 946. The van der Waals surface area contributed by atoms with Gasteiger partial charge in [0, 0.05) is 46.4 Å². The van der Waals surface area contributed by atoms with Crippen molar-refractivity contribution in [1.29, 1.82) is 0 Å². The lowest BCUT2D eigenvalue weighted by atomic mass is 9.94. The molecular weight excluding hydrogens is 464 g/mol. The first-order valence-corrected chi connectivity index (χ1v) is 9.87. The number of carbonyl (C=O) groups excluding carboxylic acids is 2. The molecule has 3 aliphatic rings. The smallest absolute Gasteiger partial charge is 0.256 e. The number of halogens is 2. The number of carbonyl (C=O) groups is 2. The number of anilines is 2. The number of nitrogens with one attached hydrogen (secondary N) is 1. The average molecular weight is 480 g/mol. The molecule has 2 aliphatic heterocycles. The summed E-state index contributed by atoms with van der Waals surface area (Å²) in [6.45, 7) is 2.24. The summed E-state index contributed by atoms with van der Waals surface area (Å²) < 4.78 is 1.30. The summed E-state index contributed by atoms with van der Waals surface area (Å²) in [5, 5.41) is 12.8. The standard InChI is InChI=1S/C19H16Br2N2O3/c1-9(24)23-3-2-11-7-16-12(8-17(11)23)13(19(26)22-16)4-10-5-14(20)18(25)15(21)6-10/h4-5,7-8,10,25H,2-3,6H2,1H3,(H,22,26)/b13-4-. The fourth-order valence-electron chi connectivity index (χ4n) is 3.65. The zero-order valence-electron chi connectivity index (χ0n) is 14.0. The number of hydrogen-bond acceptors (Lipinski definition) is 3. The third-order valence-electron chi connectivity index (χ3n) is 4.92. The Morgan fingerprint density at radius 1 is 1.38 bits per heavy atom. The van der Waals surface area contributed by atoms with Gasteiger partial charge < -0.3 is 15.3 Å². The predicted octanol–water partition coefficient (Wildman–Crippen LogP) is 4.39. The molecular formula is C19H16Br2N2O3. The molecule has 0 spiro atoms. The Kier molecular flexibility index (Phi) is 4.31. The number of hydrogen-bond donors (Lipinski definition) is 2. The van der Waals surface area contributed by atoms with E-state index in [1.54, 1.807) is 11.8 Å². The van der Waals surface area contributed by atoms with E-state index in [2.05, 4.69) is 37.2 Å². The number of amides is 2. The molecule has 2 amide bonds. The van der Waals surface area contributed by atoms with Crippen molar-refractivity contribution < 1.29 is 14.7 Å². The summed E-state index contributed by atoms with van der Waals surface area (Å²) in [5.41, 5.74) is 4.18. The van der Waals surface area contributed by atoms with E-state index in [1.807, 2.05) is 24.3 Å². The molecule has 4 rings (SSSR count). The number of nitrogens with zero attached hydrogens (tertiary/aromatic N) is 1. The van der Waals surface area contributed by atoms with E-state index in [9.17, 15) is 14.7 Å². The average Bonchev–Trinajstić information content (AvgIpc) is 3.11. The highest BCUT2D eigenvalue weighted by Gasteiger charge is 2.31. The molecule has 134 valence electrons. The van der Waals surface area contributed by atoms with Gasteiger partial charge in [-0.1, -0.05) is 28.1 Å². The highest BCUT2D eigenvalue weighted by Crippen LogP contribution is 2.42. The molecule has 1 unspecified atom stereocenters. The molecule has 1 aromatic carbocycles. The fraction of sp³-hybridized carbons (Fsp3) is 0.263. The maximum atomic E-state index is 12.5. The summed E-state index contributed by atoms with van der Waals surface area (Å²) in [5.74, 6) is 0.0250. The molecule has 1 aromatic rings. The van der Waals surface area contributed by atoms with E-state index in [0.717, 1.165) is 28.9 Å². The molecule has 0 aromatic heterocycles. The highest BCUT2D eigenvalue weighted by atomic mass is 79.9. The topological polar surface area (TPSA) is 69.6 Å². The van der Waals surface area contributed by atoms with Crippen molar-refractivity contribution in [3.05, 3.63) is 50.1 Å². The van der Waals surface area contributed by atoms with E-state index in [-0.39, 0.29) is 23.5 Å². The van der Waals surface area contributed by atoms with Crippen molar-refractivity contribution in [3.8, 4) is 0 Å². The Labute approximate surface area is 167 Å². The van der Waals surface area contributed by atoms with Gasteiger partial charge in [0.2, 0.25) is 5.91 Å². The second kappa shape index (κ2) is 6.39. The van der Waals surface area contributed by atoms with Gasteiger partial charge in [-0.2, -0.15) is 0 Å². The molecule has 7 heteroatoms. The Morgan fingerprint density at radius 2 is 2.15 bits per heavy atom. The maximum Gasteiger partial charge on any atom is 0.256 e. The van der Waals surface area contributed by atoms with Crippen LogP contribution in [0.15, 0.2) is 39.0 Å². The van der Waals surface area contributed by atoms with Gasteiger partial charge in [-0.25, -0.2) is 0 Å². The molecule has 0 saturated heterocycles. The Hall–Kier alpha value is -1.86. The van der Waals surface area contributed by atoms with Crippen molar-refractivity contribution in [2.45, 2.75) is 19.8 Å². The van der Waals surface area contributed by atoms with Gasteiger partial charge in [0.15, 0.2) is 0 Å². The summed E-state index contributed by atoms with van der Waals surface area (Å²) in [4.78, 5) is 26.1. The van der Waals surface area contributed by atoms with Crippen molar-refractivity contribution >= 4 is 60.6 Å². The molecule has 2 heterocycles. The number of allylic oxidation sites excluding steroid dienone is 4. The van der Waals surface area contributed by atoms with Gasteiger partial charge in [-0.3, -0.25) is 9.59 Å². The van der Waals surface area contributed by atoms with Crippen LogP contribution in [0.25, 0.3) is 5.57 Å². The second-order valence-electron chi connectivity index (χ2n) is 6.62. The minimum atomic E-state index is -0.141. The second-order valence-corrected chi connectivity index (χ2v) is 8.43. The van der Waals surface area contributed by atoms with Crippen molar-refractivity contribution in [2.24, 2.45) is 5.92 Å². The Morgan fingerprint density at radius 3 is 2.85 bits per heavy atom. The number of benzene rings is 1. The summed E-state index contributed by atoms with van der Waals surface area (Å²) in [6, 6.07) is 3.91. The Balaban J connectivity index is 1.74. The number of fused-ring (bicyclic) bond motifs is 2. The van der Waals surface area contributed by atoms with Crippen molar-refractivity contribution in [3.63, 3.8) is 0 Å². The third kappa shape index (κ3) is 2.83. The van der Waals surface area contributed by atoms with Crippen LogP contribution in [0.2, 0.25) is 0 Å². The molecule has 0 saturated carbocycles. The van der Waals surface area contributed by atoms with Crippen LogP contribution in [0.1, 0.15) is 24.5 Å².